The molecule has 2 aliphatic carbocycles. The molecule has 3 aromatic carbocycles. The Labute approximate surface area is 252 Å². The number of carboxylic acids is 1. The Bertz CT molecular complexity index is 1710. The van der Waals surface area contributed by atoms with Crippen molar-refractivity contribution in [3.8, 4) is 22.6 Å². The number of likely N-dealkylation sites (tertiary alicyclic amines) is 1. The number of ether oxygens (including phenoxy) is 1. The number of hydrogen-bond acceptors (Lipinski definition) is 4. The van der Waals surface area contributed by atoms with E-state index in [9.17, 15) is 14.7 Å². The van der Waals surface area contributed by atoms with Gasteiger partial charge in [-0.1, -0.05) is 42.5 Å². The Morgan fingerprint density at radius 2 is 1.72 bits per heavy atom. The molecular weight excluding hydrogens is 538 g/mol. The summed E-state index contributed by atoms with van der Waals surface area (Å²) in [5.74, 6) is 1.08. The van der Waals surface area contributed by atoms with Gasteiger partial charge in [-0.05, 0) is 104 Å². The highest BCUT2D eigenvalue weighted by atomic mass is 16.5. The van der Waals surface area contributed by atoms with Gasteiger partial charge in [0.25, 0.3) is 0 Å². The summed E-state index contributed by atoms with van der Waals surface area (Å²) in [5.41, 5.74) is 8.82. The summed E-state index contributed by atoms with van der Waals surface area (Å²) in [4.78, 5) is 26.1. The van der Waals surface area contributed by atoms with Crippen LogP contribution in [0.25, 0.3) is 16.8 Å². The minimum absolute atomic E-state index is 0.0545. The van der Waals surface area contributed by atoms with Crippen molar-refractivity contribution in [2.45, 2.75) is 64.4 Å². The minimum atomic E-state index is -0.977. The topological polar surface area (TPSA) is 84.7 Å². The maximum atomic E-state index is 12.5. The van der Waals surface area contributed by atoms with Crippen LogP contribution in [0.3, 0.4) is 0 Å². The maximum Gasteiger partial charge on any atom is 0.339 e. The van der Waals surface area contributed by atoms with E-state index in [1.165, 1.54) is 22.9 Å². The second-order valence-electron chi connectivity index (χ2n) is 12.3. The highest BCUT2D eigenvalue weighted by Gasteiger charge is 2.35. The zero-order valence-corrected chi connectivity index (χ0v) is 24.8. The van der Waals surface area contributed by atoms with Gasteiger partial charge in [-0.2, -0.15) is 5.10 Å². The van der Waals surface area contributed by atoms with E-state index < -0.39 is 5.97 Å². The van der Waals surface area contributed by atoms with Crippen LogP contribution >= 0.6 is 0 Å². The van der Waals surface area contributed by atoms with Gasteiger partial charge in [0, 0.05) is 24.6 Å². The molecule has 4 aromatic rings. The first kappa shape index (κ1) is 27.4. The van der Waals surface area contributed by atoms with E-state index in [-0.39, 0.29) is 11.7 Å². The number of nitrogens with zero attached hydrogens (tertiary/aromatic N) is 3. The minimum Gasteiger partial charge on any atom is -0.485 e. The number of aromatic carboxylic acids is 1. The van der Waals surface area contributed by atoms with Crippen molar-refractivity contribution in [2.24, 2.45) is 5.92 Å². The van der Waals surface area contributed by atoms with Gasteiger partial charge in [-0.15, -0.1) is 0 Å². The second-order valence-corrected chi connectivity index (χ2v) is 12.3. The molecule has 7 rings (SSSR count). The third-order valence-electron chi connectivity index (χ3n) is 9.51. The fourth-order valence-electron chi connectivity index (χ4n) is 6.93. The third-order valence-corrected chi connectivity index (χ3v) is 9.51. The predicted molar refractivity (Wildman–Crippen MR) is 165 cm³/mol. The number of aromatic nitrogens is 2. The van der Waals surface area contributed by atoms with Crippen LogP contribution < -0.4 is 4.74 Å². The number of piperidine rings is 1. The fraction of sp³-hybridized carbons (Fsp3) is 0.361. The van der Waals surface area contributed by atoms with Gasteiger partial charge in [0.2, 0.25) is 5.91 Å². The van der Waals surface area contributed by atoms with Crippen LogP contribution in [0.2, 0.25) is 0 Å². The van der Waals surface area contributed by atoms with E-state index in [0.29, 0.717) is 23.4 Å². The molecule has 1 saturated carbocycles. The summed E-state index contributed by atoms with van der Waals surface area (Å²) < 4.78 is 8.43. The number of carboxylic acid groups (broad SMARTS) is 1. The lowest BCUT2D eigenvalue weighted by molar-refractivity contribution is -0.133. The van der Waals surface area contributed by atoms with Crippen LogP contribution in [0.4, 0.5) is 0 Å². The largest absolute Gasteiger partial charge is 0.485 e. The van der Waals surface area contributed by atoms with Crippen LogP contribution in [0.1, 0.15) is 82.4 Å². The Kier molecular flexibility index (Phi) is 7.04. The van der Waals surface area contributed by atoms with Crippen molar-refractivity contribution in [3.63, 3.8) is 0 Å². The molecule has 220 valence electrons. The summed E-state index contributed by atoms with van der Waals surface area (Å²) in [6.07, 6.45) is 7.41. The summed E-state index contributed by atoms with van der Waals surface area (Å²) in [6.45, 7) is 5.63. The Balaban J connectivity index is 1.11. The zero-order valence-electron chi connectivity index (χ0n) is 24.8. The molecule has 1 aliphatic heterocycles. The number of carbonyl (C=O) groups excluding carboxylic acids is 1. The maximum absolute atomic E-state index is 12.5. The average molecular weight is 576 g/mol. The molecule has 43 heavy (non-hydrogen) atoms. The molecule has 1 saturated heterocycles. The fourth-order valence-corrected chi connectivity index (χ4v) is 6.93. The predicted octanol–water partition coefficient (Wildman–Crippen LogP) is 7.04. The van der Waals surface area contributed by atoms with Crippen LogP contribution in [0, 0.1) is 19.8 Å². The van der Waals surface area contributed by atoms with Gasteiger partial charge in [0.05, 0.1) is 17.6 Å². The number of amides is 1. The van der Waals surface area contributed by atoms with Gasteiger partial charge >= 0.3 is 5.97 Å². The average Bonchev–Trinajstić information content (AvgIpc) is 3.68. The Hall–Kier alpha value is -4.39. The normalized spacial score (nSPS) is 18.5. The molecular formula is C36H37N3O4. The first-order valence-electron chi connectivity index (χ1n) is 15.4. The number of fused-ring (bicyclic) bond motifs is 1. The van der Waals surface area contributed by atoms with Crippen molar-refractivity contribution in [1.29, 1.82) is 0 Å². The number of benzene rings is 3. The van der Waals surface area contributed by atoms with Gasteiger partial charge in [0.15, 0.2) is 0 Å². The van der Waals surface area contributed by atoms with Crippen molar-refractivity contribution in [2.75, 3.05) is 13.1 Å². The van der Waals surface area contributed by atoms with Gasteiger partial charge < -0.3 is 14.7 Å². The van der Waals surface area contributed by atoms with Crippen molar-refractivity contribution >= 4 is 11.9 Å². The number of rotatable bonds is 7. The third kappa shape index (κ3) is 5.22. The number of aryl methyl sites for hydroxylation is 2. The lowest BCUT2D eigenvalue weighted by Gasteiger charge is -2.32. The molecule has 2 heterocycles. The van der Waals surface area contributed by atoms with E-state index in [1.807, 2.05) is 12.1 Å². The molecule has 1 amide bonds. The number of hydrogen-bond donors (Lipinski definition) is 1. The highest BCUT2D eigenvalue weighted by molar-refractivity contribution is 5.88. The molecule has 0 bridgehead atoms. The lowest BCUT2D eigenvalue weighted by atomic mass is 9.88. The first-order valence-corrected chi connectivity index (χ1v) is 15.4. The molecule has 0 spiro atoms. The van der Waals surface area contributed by atoms with E-state index in [4.69, 9.17) is 4.74 Å². The molecule has 7 nitrogen and oxygen atoms in total. The molecule has 1 atom stereocenters. The van der Waals surface area contributed by atoms with Crippen LogP contribution in [0.5, 0.6) is 5.75 Å². The quantitative estimate of drug-likeness (QED) is 0.256. The van der Waals surface area contributed by atoms with Crippen molar-refractivity contribution in [3.05, 3.63) is 100 Å². The summed E-state index contributed by atoms with van der Waals surface area (Å²) >= 11 is 0. The zero-order chi connectivity index (χ0) is 29.7. The van der Waals surface area contributed by atoms with Gasteiger partial charge in [0.1, 0.15) is 17.4 Å². The lowest BCUT2D eigenvalue weighted by Crippen LogP contribution is -2.38. The molecule has 2 fully saturated rings. The SMILES string of the molecule is Cc1cc(C2CCN(C(=O)C3CC3)CC2)ccc1O[C@H]1CCc2cccc(-c3cccc(-n4ncc(C(=O)O)c4C)c3)c21. The monoisotopic (exact) mass is 575 g/mol. The van der Waals surface area contributed by atoms with Crippen LogP contribution in [0.15, 0.2) is 66.9 Å². The summed E-state index contributed by atoms with van der Waals surface area (Å²) in [6, 6.07) is 21.2. The van der Waals surface area contributed by atoms with Crippen LogP contribution in [-0.2, 0) is 11.2 Å². The van der Waals surface area contributed by atoms with Crippen molar-refractivity contribution in [1.82, 2.24) is 14.7 Å². The molecule has 3 aliphatic rings. The van der Waals surface area contributed by atoms with Crippen molar-refractivity contribution < 1.29 is 19.4 Å². The van der Waals surface area contributed by atoms with E-state index in [0.717, 1.165) is 79.7 Å². The van der Waals surface area contributed by atoms with E-state index >= 15 is 0 Å². The molecule has 0 unspecified atom stereocenters. The first-order chi connectivity index (χ1) is 20.9. The van der Waals surface area contributed by atoms with E-state index in [1.54, 1.807) is 11.6 Å². The molecule has 7 heteroatoms. The highest BCUT2D eigenvalue weighted by Crippen LogP contribution is 2.43. The summed E-state index contributed by atoms with van der Waals surface area (Å²) in [7, 11) is 0. The summed E-state index contributed by atoms with van der Waals surface area (Å²) in [5, 5.41) is 13.8. The van der Waals surface area contributed by atoms with Gasteiger partial charge in [-0.3, -0.25) is 4.79 Å². The molecule has 1 aromatic heterocycles. The molecule has 0 radical (unpaired) electrons. The van der Waals surface area contributed by atoms with E-state index in [2.05, 4.69) is 65.5 Å². The molecule has 1 N–H and O–H groups in total. The number of carbonyl (C=O) groups is 2. The Morgan fingerprint density at radius 3 is 2.44 bits per heavy atom. The Morgan fingerprint density at radius 1 is 0.930 bits per heavy atom. The smallest absolute Gasteiger partial charge is 0.339 e. The van der Waals surface area contributed by atoms with Gasteiger partial charge in [-0.25, -0.2) is 9.48 Å². The second kappa shape index (κ2) is 11.0. The standard InChI is InChI=1S/C36H37N3O4/c1-22-19-27(24-15-17-38(18-16-24)35(40)26-9-10-26)12-13-32(22)43-33-14-11-25-5-4-8-30(34(25)33)28-6-3-7-29(20-28)39-23(2)31(21-37-39)36(41)42/h3-8,12-13,19-21,24,26,33H,9-11,14-18H2,1-2H3,(H,41,42)/t33-/m0/s1. The van der Waals surface area contributed by atoms with Crippen LogP contribution in [-0.4, -0.2) is 44.8 Å².